The number of aryl methyl sites for hydroxylation is 1. The van der Waals surface area contributed by atoms with Gasteiger partial charge >= 0.3 is 5.76 Å². The lowest BCUT2D eigenvalue weighted by atomic mass is 10.2. The molecule has 1 fully saturated rings. The maximum Gasteiger partial charge on any atom is 0.421 e. The van der Waals surface area contributed by atoms with Crippen molar-refractivity contribution in [2.45, 2.75) is 13.6 Å². The normalized spacial score (nSPS) is 15.8. The summed E-state index contributed by atoms with van der Waals surface area (Å²) in [6.45, 7) is 5.88. The minimum atomic E-state index is -0.318. The predicted octanol–water partition coefficient (Wildman–Crippen LogP) is 2.82. The molecule has 25 heavy (non-hydrogen) atoms. The summed E-state index contributed by atoms with van der Waals surface area (Å²) in [5.41, 5.74) is 3.59. The Morgan fingerprint density at radius 2 is 1.76 bits per heavy atom. The number of halogens is 1. The molecule has 0 saturated carbocycles. The van der Waals surface area contributed by atoms with Crippen LogP contribution in [0.2, 0.25) is 0 Å². The fraction of sp³-hybridized carbons (Fsp3) is 0.316. The molecular weight excluding hydrogens is 321 g/mol. The molecule has 0 spiro atoms. The highest BCUT2D eigenvalue weighted by atomic mass is 19.1. The Hall–Kier alpha value is -2.60. The number of hydrogen-bond acceptors (Lipinski definition) is 4. The number of rotatable bonds is 3. The zero-order valence-corrected chi connectivity index (χ0v) is 14.1. The first-order valence-corrected chi connectivity index (χ1v) is 8.43. The zero-order valence-electron chi connectivity index (χ0n) is 14.1. The van der Waals surface area contributed by atoms with Crippen molar-refractivity contribution in [1.29, 1.82) is 0 Å². The van der Waals surface area contributed by atoms with E-state index in [1.54, 1.807) is 4.57 Å². The van der Waals surface area contributed by atoms with E-state index >= 15 is 0 Å². The molecule has 0 aliphatic carbocycles. The first-order valence-electron chi connectivity index (χ1n) is 8.43. The van der Waals surface area contributed by atoms with Crippen LogP contribution < -0.4 is 10.7 Å². The van der Waals surface area contributed by atoms with Gasteiger partial charge in [0.25, 0.3) is 0 Å². The maximum atomic E-state index is 13.1. The SMILES string of the molecule is Cc1ccc2oc(=O)n(CN3CCN(c4ccc(F)cc4)CC3)c2c1. The topological polar surface area (TPSA) is 41.6 Å². The van der Waals surface area contributed by atoms with E-state index in [0.717, 1.165) is 42.9 Å². The van der Waals surface area contributed by atoms with Crippen LogP contribution in [0.3, 0.4) is 0 Å². The van der Waals surface area contributed by atoms with E-state index in [1.807, 2.05) is 37.3 Å². The first kappa shape index (κ1) is 15.9. The van der Waals surface area contributed by atoms with Gasteiger partial charge in [0.1, 0.15) is 5.82 Å². The summed E-state index contributed by atoms with van der Waals surface area (Å²) in [4.78, 5) is 16.6. The molecule has 2 heterocycles. The van der Waals surface area contributed by atoms with Crippen LogP contribution in [0.4, 0.5) is 10.1 Å². The molecule has 1 aromatic heterocycles. The Kier molecular flexibility index (Phi) is 4.05. The third-order valence-corrected chi connectivity index (χ3v) is 4.73. The second-order valence-electron chi connectivity index (χ2n) is 6.49. The lowest BCUT2D eigenvalue weighted by molar-refractivity contribution is 0.202. The first-order chi connectivity index (χ1) is 12.1. The van der Waals surface area contributed by atoms with Gasteiger partial charge < -0.3 is 9.32 Å². The summed E-state index contributed by atoms with van der Waals surface area (Å²) in [6.07, 6.45) is 0. The number of nitrogens with zero attached hydrogens (tertiary/aromatic N) is 3. The highest BCUT2D eigenvalue weighted by Crippen LogP contribution is 2.18. The van der Waals surface area contributed by atoms with E-state index in [2.05, 4.69) is 9.80 Å². The van der Waals surface area contributed by atoms with Gasteiger partial charge in [0.15, 0.2) is 5.58 Å². The standard InChI is InChI=1S/C19H20FN3O2/c1-14-2-7-18-17(12-14)23(19(24)25-18)13-21-8-10-22(11-9-21)16-5-3-15(20)4-6-16/h2-7,12H,8-11,13H2,1H3. The van der Waals surface area contributed by atoms with Crippen LogP contribution in [0.25, 0.3) is 11.1 Å². The molecule has 0 bridgehead atoms. The Morgan fingerprint density at radius 3 is 2.48 bits per heavy atom. The van der Waals surface area contributed by atoms with Crippen LogP contribution in [0, 0.1) is 12.7 Å². The van der Waals surface area contributed by atoms with Crippen LogP contribution in [0.15, 0.2) is 51.7 Å². The number of oxazole rings is 1. The quantitative estimate of drug-likeness (QED) is 0.735. The summed E-state index contributed by atoms with van der Waals surface area (Å²) in [7, 11) is 0. The summed E-state index contributed by atoms with van der Waals surface area (Å²) in [6, 6.07) is 12.4. The van der Waals surface area contributed by atoms with Crippen LogP contribution >= 0.6 is 0 Å². The van der Waals surface area contributed by atoms with E-state index in [9.17, 15) is 9.18 Å². The van der Waals surface area contributed by atoms with Crippen molar-refractivity contribution in [3.8, 4) is 0 Å². The molecule has 4 rings (SSSR count). The lowest BCUT2D eigenvalue weighted by Gasteiger charge is -2.36. The molecule has 0 radical (unpaired) electrons. The van der Waals surface area contributed by atoms with Gasteiger partial charge in [-0.15, -0.1) is 0 Å². The molecule has 0 N–H and O–H groups in total. The molecule has 1 aliphatic heterocycles. The van der Waals surface area contributed by atoms with Gasteiger partial charge in [0, 0.05) is 31.9 Å². The van der Waals surface area contributed by atoms with Crippen molar-refractivity contribution in [2.75, 3.05) is 31.1 Å². The van der Waals surface area contributed by atoms with Crippen LogP contribution in [0.1, 0.15) is 5.56 Å². The minimum absolute atomic E-state index is 0.219. The summed E-state index contributed by atoms with van der Waals surface area (Å²) in [5.74, 6) is -0.537. The van der Waals surface area contributed by atoms with Gasteiger partial charge in [-0.05, 0) is 48.9 Å². The summed E-state index contributed by atoms with van der Waals surface area (Å²) in [5, 5.41) is 0. The molecule has 3 aromatic rings. The van der Waals surface area contributed by atoms with Crippen molar-refractivity contribution in [1.82, 2.24) is 9.47 Å². The molecule has 2 aromatic carbocycles. The number of fused-ring (bicyclic) bond motifs is 1. The molecule has 6 heteroatoms. The van der Waals surface area contributed by atoms with Crippen LogP contribution in [-0.4, -0.2) is 35.6 Å². The Labute approximate surface area is 144 Å². The molecule has 0 unspecified atom stereocenters. The van der Waals surface area contributed by atoms with Crippen molar-refractivity contribution in [3.63, 3.8) is 0 Å². The largest absolute Gasteiger partial charge is 0.421 e. The molecular formula is C19H20FN3O2. The predicted molar refractivity (Wildman–Crippen MR) is 95.4 cm³/mol. The van der Waals surface area contributed by atoms with Gasteiger partial charge in [-0.2, -0.15) is 0 Å². The van der Waals surface area contributed by atoms with Gasteiger partial charge in [-0.1, -0.05) is 6.07 Å². The number of anilines is 1. The molecule has 0 amide bonds. The fourth-order valence-electron chi connectivity index (χ4n) is 3.31. The Bertz CT molecular complexity index is 937. The smallest absolute Gasteiger partial charge is 0.408 e. The Morgan fingerprint density at radius 1 is 1.04 bits per heavy atom. The third-order valence-electron chi connectivity index (χ3n) is 4.73. The highest BCUT2D eigenvalue weighted by molar-refractivity contribution is 5.73. The van der Waals surface area contributed by atoms with Crippen molar-refractivity contribution in [2.24, 2.45) is 0 Å². The summed E-state index contributed by atoms with van der Waals surface area (Å²) < 4.78 is 20.1. The maximum absolute atomic E-state index is 13.1. The van der Waals surface area contributed by atoms with Crippen LogP contribution in [-0.2, 0) is 6.67 Å². The van der Waals surface area contributed by atoms with Crippen molar-refractivity contribution in [3.05, 3.63) is 64.4 Å². The number of benzene rings is 2. The molecule has 130 valence electrons. The van der Waals surface area contributed by atoms with Crippen molar-refractivity contribution >= 4 is 16.8 Å². The highest BCUT2D eigenvalue weighted by Gasteiger charge is 2.19. The van der Waals surface area contributed by atoms with E-state index in [4.69, 9.17) is 4.42 Å². The average Bonchev–Trinajstić information content (AvgIpc) is 2.92. The van der Waals surface area contributed by atoms with Crippen LogP contribution in [0.5, 0.6) is 0 Å². The minimum Gasteiger partial charge on any atom is -0.408 e. The van der Waals surface area contributed by atoms with Gasteiger partial charge in [0.2, 0.25) is 0 Å². The van der Waals surface area contributed by atoms with Gasteiger partial charge in [-0.25, -0.2) is 9.18 Å². The summed E-state index contributed by atoms with van der Waals surface area (Å²) >= 11 is 0. The average molecular weight is 341 g/mol. The molecule has 1 aliphatic rings. The van der Waals surface area contributed by atoms with Gasteiger partial charge in [0.05, 0.1) is 12.2 Å². The van der Waals surface area contributed by atoms with E-state index < -0.39 is 0 Å². The number of hydrogen-bond donors (Lipinski definition) is 0. The number of piperazine rings is 1. The second kappa shape index (κ2) is 6.37. The zero-order chi connectivity index (χ0) is 17.4. The Balaban J connectivity index is 1.47. The molecule has 0 atom stereocenters. The lowest BCUT2D eigenvalue weighted by Crippen LogP contribution is -2.47. The fourth-order valence-corrected chi connectivity index (χ4v) is 3.31. The monoisotopic (exact) mass is 341 g/mol. The van der Waals surface area contributed by atoms with Crippen molar-refractivity contribution < 1.29 is 8.81 Å². The van der Waals surface area contributed by atoms with E-state index in [1.165, 1.54) is 12.1 Å². The molecule has 1 saturated heterocycles. The number of aromatic nitrogens is 1. The van der Waals surface area contributed by atoms with E-state index in [-0.39, 0.29) is 11.6 Å². The van der Waals surface area contributed by atoms with Gasteiger partial charge in [-0.3, -0.25) is 9.47 Å². The third kappa shape index (κ3) is 3.17. The van der Waals surface area contributed by atoms with E-state index in [0.29, 0.717) is 12.3 Å². The second-order valence-corrected chi connectivity index (χ2v) is 6.49. The molecule has 5 nitrogen and oxygen atoms in total.